The summed E-state index contributed by atoms with van der Waals surface area (Å²) in [5.41, 5.74) is 2.73. The number of nitrogens with zero attached hydrogens (tertiary/aromatic N) is 2. The van der Waals surface area contributed by atoms with E-state index in [4.69, 9.17) is 28.4 Å². The number of carbonyl (C=O) groups is 6. The molecule has 3 aliphatic rings. The van der Waals surface area contributed by atoms with E-state index in [-0.39, 0.29) is 62.0 Å². The molecule has 1 atom stereocenters. The van der Waals surface area contributed by atoms with Crippen molar-refractivity contribution in [2.24, 2.45) is 0 Å². The molecule has 0 spiro atoms. The molecule has 2 aromatic carbocycles. The number of fused-ring (bicyclic) bond motifs is 1. The van der Waals surface area contributed by atoms with Crippen molar-refractivity contribution in [2.45, 2.75) is 50.5 Å². The Bertz CT molecular complexity index is 1990. The van der Waals surface area contributed by atoms with Crippen molar-refractivity contribution in [2.75, 3.05) is 96.4 Å². The lowest BCUT2D eigenvalue weighted by molar-refractivity contribution is -0.136. The quantitative estimate of drug-likeness (QED) is 0.0545. The standard InChI is InChI=1S/C42H53N7O12/c50-36-11-10-34(40(53)46-36)49-41(54)31-8-3-9-32(39(31)42(49)55)43-12-14-56-16-17-57-15-13-44-38(52)27-60-21-20-58-18-19-59-22-23-61-30-7-1-4-28(24-30)25-37(51)45-35-26-33(47-48-35)29-5-2-6-29/h1,3-4,7-9,24,26,29,34,43H,2,5-6,10-23,25,27H2,(H,44,52)(H,46,50,53)(H2,45,47,48,51). The van der Waals surface area contributed by atoms with Gasteiger partial charge < -0.3 is 44.4 Å². The Hall–Kier alpha value is -5.73. The predicted molar refractivity (Wildman–Crippen MR) is 218 cm³/mol. The van der Waals surface area contributed by atoms with Crippen LogP contribution in [0, 0.1) is 0 Å². The molecule has 3 aromatic rings. The predicted octanol–water partition coefficient (Wildman–Crippen LogP) is 1.95. The average Bonchev–Trinajstić information content (AvgIpc) is 3.77. The molecule has 19 nitrogen and oxygen atoms in total. The Kier molecular flexibility index (Phi) is 17.1. The molecule has 0 radical (unpaired) electrons. The maximum absolute atomic E-state index is 13.2. The van der Waals surface area contributed by atoms with E-state index in [1.54, 1.807) is 12.1 Å². The largest absolute Gasteiger partial charge is 0.491 e. The van der Waals surface area contributed by atoms with Gasteiger partial charge in [0.2, 0.25) is 23.6 Å². The first kappa shape index (κ1) is 44.8. The van der Waals surface area contributed by atoms with Crippen LogP contribution in [0.5, 0.6) is 5.75 Å². The Balaban J connectivity index is 0.702. The number of hydrogen-bond acceptors (Lipinski definition) is 14. The highest BCUT2D eigenvalue weighted by Gasteiger charge is 2.45. The summed E-state index contributed by atoms with van der Waals surface area (Å²) in [4.78, 5) is 75.5. The van der Waals surface area contributed by atoms with Crippen molar-refractivity contribution in [3.05, 3.63) is 70.9 Å². The molecule has 19 heteroatoms. The highest BCUT2D eigenvalue weighted by atomic mass is 16.6. The third kappa shape index (κ3) is 13.4. The van der Waals surface area contributed by atoms with E-state index in [9.17, 15) is 28.8 Å². The molecule has 6 amide bonds. The van der Waals surface area contributed by atoms with Crippen molar-refractivity contribution < 1.29 is 57.2 Å². The van der Waals surface area contributed by atoms with Crippen LogP contribution in [0.3, 0.4) is 0 Å². The Morgan fingerprint density at radius 1 is 0.754 bits per heavy atom. The zero-order chi connectivity index (χ0) is 42.8. The maximum atomic E-state index is 13.2. The number of H-pyrrole nitrogens is 1. The lowest BCUT2D eigenvalue weighted by Crippen LogP contribution is -2.54. The molecule has 1 unspecified atom stereocenters. The second-order valence-electron chi connectivity index (χ2n) is 14.5. The molecule has 328 valence electrons. The van der Waals surface area contributed by atoms with Gasteiger partial charge in [-0.1, -0.05) is 24.6 Å². The number of imide groups is 2. The van der Waals surface area contributed by atoms with E-state index >= 15 is 0 Å². The van der Waals surface area contributed by atoms with Gasteiger partial charge in [0.25, 0.3) is 11.8 Å². The third-order valence-corrected chi connectivity index (χ3v) is 10.1. The second kappa shape index (κ2) is 23.3. The zero-order valence-corrected chi connectivity index (χ0v) is 34.0. The van der Waals surface area contributed by atoms with Gasteiger partial charge in [-0.2, -0.15) is 5.10 Å². The first-order valence-corrected chi connectivity index (χ1v) is 20.6. The fourth-order valence-corrected chi connectivity index (χ4v) is 6.83. The number of rotatable bonds is 27. The van der Waals surface area contributed by atoms with Gasteiger partial charge in [-0.25, -0.2) is 0 Å². The number of ether oxygens (including phenoxy) is 6. The monoisotopic (exact) mass is 847 g/mol. The molecule has 1 saturated heterocycles. The number of carbonyl (C=O) groups excluding carboxylic acids is 6. The van der Waals surface area contributed by atoms with Gasteiger partial charge >= 0.3 is 0 Å². The summed E-state index contributed by atoms with van der Waals surface area (Å²) in [6, 6.07) is 13.1. The van der Waals surface area contributed by atoms with Crippen molar-refractivity contribution in [3.8, 4) is 5.75 Å². The number of aromatic nitrogens is 2. The number of nitrogens with one attached hydrogen (secondary N) is 5. The van der Waals surface area contributed by atoms with Crippen molar-refractivity contribution in [1.29, 1.82) is 0 Å². The maximum Gasteiger partial charge on any atom is 0.264 e. The highest BCUT2D eigenvalue weighted by molar-refractivity contribution is 6.25. The van der Waals surface area contributed by atoms with Crippen LogP contribution < -0.4 is 26.0 Å². The number of hydrogen-bond donors (Lipinski definition) is 5. The minimum absolute atomic E-state index is 0.0498. The van der Waals surface area contributed by atoms with Gasteiger partial charge in [0.1, 0.15) is 25.0 Å². The summed E-state index contributed by atoms with van der Waals surface area (Å²) >= 11 is 0. The summed E-state index contributed by atoms with van der Waals surface area (Å²) < 4.78 is 33.2. The number of amides is 6. The molecular weight excluding hydrogens is 794 g/mol. The number of piperidine rings is 1. The molecule has 3 heterocycles. The van der Waals surface area contributed by atoms with Gasteiger partial charge in [-0.15, -0.1) is 0 Å². The van der Waals surface area contributed by atoms with E-state index in [1.165, 1.54) is 12.5 Å². The average molecular weight is 848 g/mol. The second-order valence-corrected chi connectivity index (χ2v) is 14.5. The number of anilines is 2. The van der Waals surface area contributed by atoms with Crippen molar-refractivity contribution in [1.82, 2.24) is 25.7 Å². The zero-order valence-electron chi connectivity index (χ0n) is 34.0. The van der Waals surface area contributed by atoms with Crippen LogP contribution in [0.1, 0.15) is 70.0 Å². The molecule has 0 bridgehead atoms. The fraction of sp³-hybridized carbons (Fsp3) is 0.500. The van der Waals surface area contributed by atoms with Crippen LogP contribution in [0.4, 0.5) is 11.5 Å². The lowest BCUT2D eigenvalue weighted by Gasteiger charge is -2.27. The van der Waals surface area contributed by atoms with Crippen LogP contribution in [0.25, 0.3) is 0 Å². The summed E-state index contributed by atoms with van der Waals surface area (Å²) in [7, 11) is 0. The third-order valence-electron chi connectivity index (χ3n) is 10.1. The Labute approximate surface area is 352 Å². The molecule has 2 fully saturated rings. The van der Waals surface area contributed by atoms with E-state index in [0.717, 1.165) is 29.0 Å². The van der Waals surface area contributed by atoms with Gasteiger partial charge in [0.15, 0.2) is 5.82 Å². The van der Waals surface area contributed by atoms with E-state index in [2.05, 4.69) is 31.5 Å². The summed E-state index contributed by atoms with van der Waals surface area (Å²) in [6.07, 6.45) is 3.89. The molecule has 6 rings (SSSR count). The summed E-state index contributed by atoms with van der Waals surface area (Å²) in [5.74, 6) is -0.949. The first-order chi connectivity index (χ1) is 29.8. The number of benzene rings is 2. The minimum Gasteiger partial charge on any atom is -0.491 e. The van der Waals surface area contributed by atoms with E-state index in [0.29, 0.717) is 89.1 Å². The topological polar surface area (TPSA) is 238 Å². The van der Waals surface area contributed by atoms with Crippen LogP contribution in [0.15, 0.2) is 48.5 Å². The molecule has 1 aliphatic carbocycles. The summed E-state index contributed by atoms with van der Waals surface area (Å²) in [5, 5.41) is 18.1. The van der Waals surface area contributed by atoms with Gasteiger partial charge in [0.05, 0.1) is 77.0 Å². The molecule has 1 saturated carbocycles. The minimum atomic E-state index is -1.03. The fourth-order valence-electron chi connectivity index (χ4n) is 6.83. The molecular formula is C42H53N7O12. The SMILES string of the molecule is O=C(COCCOCCOCCOc1cccc(CC(=O)Nc2cc(C3CCC3)[nH]n2)c1)NCCOCCOCCNc1cccc2c1C(=O)N(C1CCC(=O)NC1=O)C2=O. The smallest absolute Gasteiger partial charge is 0.264 e. The van der Waals surface area contributed by atoms with Gasteiger partial charge in [0, 0.05) is 42.9 Å². The first-order valence-electron chi connectivity index (χ1n) is 20.6. The normalized spacial score (nSPS) is 16.3. The van der Waals surface area contributed by atoms with Crippen LogP contribution in [-0.4, -0.2) is 142 Å². The highest BCUT2D eigenvalue weighted by Crippen LogP contribution is 2.36. The van der Waals surface area contributed by atoms with Crippen molar-refractivity contribution >= 4 is 46.9 Å². The molecule has 1 aromatic heterocycles. The molecule has 61 heavy (non-hydrogen) atoms. The molecule has 5 N–H and O–H groups in total. The van der Waals surface area contributed by atoms with E-state index < -0.39 is 29.7 Å². The summed E-state index contributed by atoms with van der Waals surface area (Å²) in [6.45, 7) is 3.73. The molecule has 2 aliphatic heterocycles. The number of aromatic amines is 1. The van der Waals surface area contributed by atoms with Crippen LogP contribution in [-0.2, 0) is 49.3 Å². The lowest BCUT2D eigenvalue weighted by atomic mass is 9.83. The van der Waals surface area contributed by atoms with Crippen LogP contribution in [0.2, 0.25) is 0 Å². The Morgan fingerprint density at radius 3 is 2.20 bits per heavy atom. The van der Waals surface area contributed by atoms with Gasteiger partial charge in [-0.05, 0) is 49.1 Å². The van der Waals surface area contributed by atoms with Gasteiger partial charge in [-0.3, -0.25) is 44.1 Å². The van der Waals surface area contributed by atoms with Crippen LogP contribution >= 0.6 is 0 Å². The van der Waals surface area contributed by atoms with E-state index in [1.807, 2.05) is 30.3 Å². The Morgan fingerprint density at radius 2 is 1.46 bits per heavy atom. The van der Waals surface area contributed by atoms with Crippen molar-refractivity contribution in [3.63, 3.8) is 0 Å².